The van der Waals surface area contributed by atoms with Crippen molar-refractivity contribution >= 4 is 29.9 Å². The zero-order valence-corrected chi connectivity index (χ0v) is 13.2. The van der Waals surface area contributed by atoms with Gasteiger partial charge in [0.15, 0.2) is 0 Å². The predicted octanol–water partition coefficient (Wildman–Crippen LogP) is 2.77. The van der Waals surface area contributed by atoms with E-state index in [0.29, 0.717) is 19.5 Å². The number of rotatable bonds is 6. The highest BCUT2D eigenvalue weighted by Gasteiger charge is 2.23. The lowest BCUT2D eigenvalue weighted by Crippen LogP contribution is -2.37. The highest BCUT2D eigenvalue weighted by atomic mass is 35.5. The molecule has 0 aliphatic carbocycles. The van der Waals surface area contributed by atoms with Crippen LogP contribution in [0.3, 0.4) is 0 Å². The molecule has 0 unspecified atom stereocenters. The van der Waals surface area contributed by atoms with Crippen LogP contribution < -0.4 is 10.6 Å². The lowest BCUT2D eigenvalue weighted by Gasteiger charge is -2.26. The summed E-state index contributed by atoms with van der Waals surface area (Å²) in [7, 11) is 1.83. The van der Waals surface area contributed by atoms with E-state index >= 15 is 0 Å². The van der Waals surface area contributed by atoms with Crippen molar-refractivity contribution in [2.75, 3.05) is 20.1 Å². The molecule has 108 valence electrons. The molecule has 5 heteroatoms. The van der Waals surface area contributed by atoms with Gasteiger partial charge in [-0.1, -0.05) is 43.6 Å². The van der Waals surface area contributed by atoms with E-state index in [1.807, 2.05) is 31.3 Å². The number of hydrogen-bond donors (Lipinski definition) is 2. The Hall–Kier alpha value is -0.770. The van der Waals surface area contributed by atoms with Crippen LogP contribution >= 0.6 is 24.0 Å². The Morgan fingerprint density at radius 2 is 1.95 bits per heavy atom. The van der Waals surface area contributed by atoms with Crippen LogP contribution in [-0.2, 0) is 10.2 Å². The maximum atomic E-state index is 11.6. The van der Waals surface area contributed by atoms with Crippen LogP contribution in [0.5, 0.6) is 0 Å². The van der Waals surface area contributed by atoms with E-state index in [0.717, 1.165) is 10.6 Å². The van der Waals surface area contributed by atoms with E-state index in [1.54, 1.807) is 0 Å². The molecular weight excluding hydrogens is 283 g/mol. The molecule has 0 aliphatic rings. The molecule has 0 fully saturated rings. The summed E-state index contributed by atoms with van der Waals surface area (Å²) in [5.41, 5.74) is 0.883. The fraction of sp³-hybridized carbons (Fsp3) is 0.500. The Bertz CT molecular complexity index is 408. The van der Waals surface area contributed by atoms with Crippen molar-refractivity contribution in [1.82, 2.24) is 10.6 Å². The molecule has 0 radical (unpaired) electrons. The molecule has 0 saturated heterocycles. The van der Waals surface area contributed by atoms with Gasteiger partial charge in [0, 0.05) is 29.9 Å². The van der Waals surface area contributed by atoms with Gasteiger partial charge in [-0.25, -0.2) is 0 Å². The first-order valence-electron chi connectivity index (χ1n) is 6.13. The Balaban J connectivity index is 0.00000324. The summed E-state index contributed by atoms with van der Waals surface area (Å²) < 4.78 is 0. The average Bonchev–Trinajstić information content (AvgIpc) is 2.34. The second-order valence-electron chi connectivity index (χ2n) is 4.99. The Morgan fingerprint density at radius 3 is 2.53 bits per heavy atom. The van der Waals surface area contributed by atoms with Crippen LogP contribution in [0.2, 0.25) is 5.02 Å². The van der Waals surface area contributed by atoms with Gasteiger partial charge in [0.1, 0.15) is 0 Å². The summed E-state index contributed by atoms with van der Waals surface area (Å²) >= 11 is 6.18. The van der Waals surface area contributed by atoms with Crippen LogP contribution in [-0.4, -0.2) is 26.0 Å². The minimum absolute atomic E-state index is 0. The van der Waals surface area contributed by atoms with Crippen molar-refractivity contribution in [3.63, 3.8) is 0 Å². The average molecular weight is 305 g/mol. The van der Waals surface area contributed by atoms with E-state index in [4.69, 9.17) is 11.6 Å². The van der Waals surface area contributed by atoms with E-state index in [2.05, 4.69) is 24.5 Å². The quantitative estimate of drug-likeness (QED) is 0.848. The number of hydrogen-bond acceptors (Lipinski definition) is 2. The molecule has 1 aromatic rings. The van der Waals surface area contributed by atoms with Gasteiger partial charge in [-0.2, -0.15) is 0 Å². The topological polar surface area (TPSA) is 41.1 Å². The first kappa shape index (κ1) is 18.2. The lowest BCUT2D eigenvalue weighted by molar-refractivity contribution is -0.121. The first-order chi connectivity index (χ1) is 8.47. The molecule has 0 atom stereocenters. The molecule has 1 amide bonds. The van der Waals surface area contributed by atoms with E-state index in [9.17, 15) is 4.79 Å². The van der Waals surface area contributed by atoms with Gasteiger partial charge in [-0.05, 0) is 18.7 Å². The molecule has 0 aromatic heterocycles. The van der Waals surface area contributed by atoms with Gasteiger partial charge in [-0.15, -0.1) is 12.4 Å². The fourth-order valence-corrected chi connectivity index (χ4v) is 2.14. The smallest absolute Gasteiger partial charge is 0.221 e. The molecule has 0 bridgehead atoms. The maximum absolute atomic E-state index is 11.6. The predicted molar refractivity (Wildman–Crippen MR) is 83.3 cm³/mol. The summed E-state index contributed by atoms with van der Waals surface area (Å²) in [6.07, 6.45) is 0.495. The molecule has 1 aromatic carbocycles. The number of amides is 1. The third-order valence-corrected chi connectivity index (χ3v) is 3.26. The Morgan fingerprint density at radius 1 is 1.32 bits per heavy atom. The monoisotopic (exact) mass is 304 g/mol. The van der Waals surface area contributed by atoms with Crippen LogP contribution in [0.25, 0.3) is 0 Å². The van der Waals surface area contributed by atoms with E-state index in [1.165, 1.54) is 0 Å². The van der Waals surface area contributed by atoms with Gasteiger partial charge in [0.05, 0.1) is 0 Å². The highest BCUT2D eigenvalue weighted by molar-refractivity contribution is 6.31. The number of nitrogens with one attached hydrogen (secondary N) is 2. The molecule has 0 heterocycles. The minimum Gasteiger partial charge on any atom is -0.355 e. The summed E-state index contributed by atoms with van der Waals surface area (Å²) in [5.74, 6) is 0.0597. The summed E-state index contributed by atoms with van der Waals surface area (Å²) in [5, 5.41) is 6.64. The molecular formula is C14H22Cl2N2O. The zero-order valence-electron chi connectivity index (χ0n) is 11.6. The zero-order chi connectivity index (χ0) is 13.6. The molecule has 19 heavy (non-hydrogen) atoms. The summed E-state index contributed by atoms with van der Waals surface area (Å²) in [6.45, 7) is 5.43. The van der Waals surface area contributed by atoms with E-state index < -0.39 is 0 Å². The van der Waals surface area contributed by atoms with Crippen LogP contribution in [0.4, 0.5) is 0 Å². The third-order valence-electron chi connectivity index (χ3n) is 2.93. The highest BCUT2D eigenvalue weighted by Crippen LogP contribution is 2.28. The number of carbonyl (C=O) groups is 1. The van der Waals surface area contributed by atoms with Crippen molar-refractivity contribution in [2.45, 2.75) is 25.7 Å². The van der Waals surface area contributed by atoms with Gasteiger partial charge < -0.3 is 10.6 Å². The second-order valence-corrected chi connectivity index (χ2v) is 5.40. The molecule has 1 rings (SSSR count). The van der Waals surface area contributed by atoms with Crippen molar-refractivity contribution in [3.8, 4) is 0 Å². The number of halogens is 2. The molecule has 0 aliphatic heterocycles. The summed E-state index contributed by atoms with van der Waals surface area (Å²) in [4.78, 5) is 11.6. The van der Waals surface area contributed by atoms with Crippen LogP contribution in [0.15, 0.2) is 24.3 Å². The Labute approximate surface area is 126 Å². The van der Waals surface area contributed by atoms with Gasteiger partial charge in [-0.3, -0.25) is 4.79 Å². The summed E-state index contributed by atoms with van der Waals surface area (Å²) in [6, 6.07) is 7.75. The fourth-order valence-electron chi connectivity index (χ4n) is 1.75. The standard InChI is InChI=1S/C14H21ClN2O.ClH/c1-14(2,10-17-13(18)8-9-16-3)11-6-4-5-7-12(11)15;/h4-7,16H,8-10H2,1-3H3,(H,17,18);1H. The van der Waals surface area contributed by atoms with E-state index in [-0.39, 0.29) is 23.7 Å². The normalized spacial score (nSPS) is 10.7. The van der Waals surface area contributed by atoms with Gasteiger partial charge >= 0.3 is 0 Å². The first-order valence-corrected chi connectivity index (χ1v) is 6.51. The van der Waals surface area contributed by atoms with Crippen molar-refractivity contribution in [2.24, 2.45) is 0 Å². The largest absolute Gasteiger partial charge is 0.355 e. The van der Waals surface area contributed by atoms with Crippen molar-refractivity contribution < 1.29 is 4.79 Å². The minimum atomic E-state index is -0.173. The van der Waals surface area contributed by atoms with Crippen LogP contribution in [0.1, 0.15) is 25.8 Å². The van der Waals surface area contributed by atoms with Crippen LogP contribution in [0, 0.1) is 0 Å². The SMILES string of the molecule is CNCCC(=O)NCC(C)(C)c1ccccc1Cl.Cl. The molecule has 2 N–H and O–H groups in total. The molecule has 0 saturated carbocycles. The van der Waals surface area contributed by atoms with Crippen molar-refractivity contribution in [1.29, 1.82) is 0 Å². The lowest BCUT2D eigenvalue weighted by atomic mass is 9.84. The molecule has 0 spiro atoms. The number of benzene rings is 1. The van der Waals surface area contributed by atoms with Gasteiger partial charge in [0.2, 0.25) is 5.91 Å². The number of carbonyl (C=O) groups excluding carboxylic acids is 1. The van der Waals surface area contributed by atoms with Gasteiger partial charge in [0.25, 0.3) is 0 Å². The maximum Gasteiger partial charge on any atom is 0.221 e. The third kappa shape index (κ3) is 5.81. The molecule has 3 nitrogen and oxygen atoms in total. The Kier molecular flexibility index (Phi) is 8.07. The van der Waals surface area contributed by atoms with Crippen molar-refractivity contribution in [3.05, 3.63) is 34.9 Å². The second kappa shape index (κ2) is 8.41.